The quantitative estimate of drug-likeness (QED) is 0.536. The van der Waals surface area contributed by atoms with E-state index in [1.54, 1.807) is 18.5 Å². The molecule has 1 heterocycles. The van der Waals surface area contributed by atoms with E-state index in [-0.39, 0.29) is 0 Å². The van der Waals surface area contributed by atoms with Gasteiger partial charge in [-0.3, -0.25) is 0 Å². The first-order valence-electron chi connectivity index (χ1n) is 2.32. The Bertz CT molecular complexity index is 169. The molecule has 2 nitrogen and oxygen atoms in total. The van der Waals surface area contributed by atoms with Crippen LogP contribution in [0.4, 0.5) is 0 Å². The van der Waals surface area contributed by atoms with Gasteiger partial charge in [0.15, 0.2) is 0 Å². The second kappa shape index (κ2) is 2.21. The zero-order valence-electron chi connectivity index (χ0n) is 4.41. The normalized spacial score (nSPS) is 8.50. The third-order valence-corrected chi connectivity index (χ3v) is 0.843. The maximum atomic E-state index is 3.63. The lowest BCUT2D eigenvalue weighted by atomic mass is 10.3. The average Bonchev–Trinajstić information content (AvgIpc) is 1.90. The van der Waals surface area contributed by atoms with Gasteiger partial charge in [-0.25, -0.2) is 0 Å². The smallest absolute Gasteiger partial charge is 0.0568 e. The first-order valence-corrected chi connectivity index (χ1v) is 2.32. The van der Waals surface area contributed by atoms with Gasteiger partial charge in [0.25, 0.3) is 0 Å². The number of aromatic nitrogens is 2. The molecule has 1 aromatic rings. The average molecular weight is 106 g/mol. The largest absolute Gasteiger partial charge is 0.159 e. The third-order valence-electron chi connectivity index (χ3n) is 0.843. The molecule has 0 amide bonds. The molecule has 1 rings (SSSR count). The minimum atomic E-state index is 1.00. The molecule has 0 saturated carbocycles. The van der Waals surface area contributed by atoms with Gasteiger partial charge in [-0.05, 0) is 11.6 Å². The van der Waals surface area contributed by atoms with E-state index in [2.05, 4.69) is 16.8 Å². The van der Waals surface area contributed by atoms with Crippen LogP contribution in [0.1, 0.15) is 5.56 Å². The predicted molar refractivity (Wildman–Crippen MR) is 32.1 cm³/mol. The minimum Gasteiger partial charge on any atom is -0.159 e. The lowest BCUT2D eigenvalue weighted by molar-refractivity contribution is 1.03. The Kier molecular flexibility index (Phi) is 1.37. The van der Waals surface area contributed by atoms with Gasteiger partial charge < -0.3 is 0 Å². The van der Waals surface area contributed by atoms with Crippen LogP contribution >= 0.6 is 0 Å². The number of hydrogen-bond donors (Lipinski definition) is 0. The van der Waals surface area contributed by atoms with Crippen LogP contribution in [0, 0.1) is 0 Å². The van der Waals surface area contributed by atoms with E-state index < -0.39 is 0 Å². The Balaban J connectivity index is 2.99. The lowest BCUT2D eigenvalue weighted by Crippen LogP contribution is -1.77. The molecule has 0 aromatic carbocycles. The zero-order valence-corrected chi connectivity index (χ0v) is 4.41. The van der Waals surface area contributed by atoms with Gasteiger partial charge in [0, 0.05) is 0 Å². The maximum absolute atomic E-state index is 3.63. The van der Waals surface area contributed by atoms with Crippen molar-refractivity contribution in [3.63, 3.8) is 0 Å². The first-order chi connectivity index (χ1) is 3.93. The molecule has 1 aromatic heterocycles. The van der Waals surface area contributed by atoms with Crippen molar-refractivity contribution < 1.29 is 0 Å². The third kappa shape index (κ3) is 0.904. The molecule has 0 radical (unpaired) electrons. The molecule has 0 atom stereocenters. The number of nitrogens with zero attached hydrogens (tertiary/aromatic N) is 2. The van der Waals surface area contributed by atoms with E-state index in [0.717, 1.165) is 5.56 Å². The van der Waals surface area contributed by atoms with Crippen molar-refractivity contribution in [2.45, 2.75) is 0 Å². The van der Waals surface area contributed by atoms with Crippen LogP contribution in [0.5, 0.6) is 0 Å². The highest BCUT2D eigenvalue weighted by Gasteiger charge is 1.78. The van der Waals surface area contributed by atoms with E-state index in [4.69, 9.17) is 0 Å². The summed E-state index contributed by atoms with van der Waals surface area (Å²) in [5.41, 5.74) is 1.00. The van der Waals surface area contributed by atoms with Gasteiger partial charge in [0.05, 0.1) is 12.4 Å². The van der Waals surface area contributed by atoms with Gasteiger partial charge in [-0.15, -0.1) is 0 Å². The summed E-state index contributed by atoms with van der Waals surface area (Å²) in [4.78, 5) is 0. The van der Waals surface area contributed by atoms with Crippen LogP contribution in [0.25, 0.3) is 6.08 Å². The van der Waals surface area contributed by atoms with Crippen molar-refractivity contribution >= 4 is 6.08 Å². The molecule has 0 N–H and O–H groups in total. The van der Waals surface area contributed by atoms with Gasteiger partial charge in [-0.2, -0.15) is 10.2 Å². The summed E-state index contributed by atoms with van der Waals surface area (Å²) in [6, 6.07) is 1.85. The Labute approximate surface area is 47.9 Å². The standard InChI is InChI=1S/C6H6N2/c1-2-6-3-4-7-8-5-6/h2-5H,1H2. The lowest BCUT2D eigenvalue weighted by Gasteiger charge is -1.83. The molecule has 0 spiro atoms. The molecule has 0 aliphatic heterocycles. The van der Waals surface area contributed by atoms with Gasteiger partial charge in [0.2, 0.25) is 0 Å². The first kappa shape index (κ1) is 4.97. The molecular weight excluding hydrogens is 100 g/mol. The fourth-order valence-corrected chi connectivity index (χ4v) is 0.422. The monoisotopic (exact) mass is 106 g/mol. The Morgan fingerprint density at radius 2 is 2.38 bits per heavy atom. The van der Waals surface area contributed by atoms with Gasteiger partial charge in [0.1, 0.15) is 0 Å². The Hall–Kier alpha value is -1.18. The van der Waals surface area contributed by atoms with Crippen molar-refractivity contribution in [1.29, 1.82) is 0 Å². The topological polar surface area (TPSA) is 25.8 Å². The summed E-state index contributed by atoms with van der Waals surface area (Å²) < 4.78 is 0. The molecular formula is C6H6N2. The second-order valence-corrected chi connectivity index (χ2v) is 1.38. The Morgan fingerprint density at radius 3 is 2.75 bits per heavy atom. The number of rotatable bonds is 1. The molecule has 0 aliphatic rings. The van der Waals surface area contributed by atoms with Crippen molar-refractivity contribution in [2.24, 2.45) is 0 Å². The Morgan fingerprint density at radius 1 is 1.50 bits per heavy atom. The van der Waals surface area contributed by atoms with Crippen molar-refractivity contribution in [1.82, 2.24) is 10.2 Å². The van der Waals surface area contributed by atoms with Crippen LogP contribution < -0.4 is 0 Å². The van der Waals surface area contributed by atoms with E-state index in [1.807, 2.05) is 6.07 Å². The van der Waals surface area contributed by atoms with E-state index in [1.165, 1.54) is 0 Å². The van der Waals surface area contributed by atoms with Crippen LogP contribution in [0.2, 0.25) is 0 Å². The summed E-state index contributed by atoms with van der Waals surface area (Å²) in [5, 5.41) is 7.23. The summed E-state index contributed by atoms with van der Waals surface area (Å²) in [5.74, 6) is 0. The molecule has 0 aliphatic carbocycles. The zero-order chi connectivity index (χ0) is 5.82. The van der Waals surface area contributed by atoms with Gasteiger partial charge in [-0.1, -0.05) is 12.7 Å². The van der Waals surface area contributed by atoms with E-state index in [9.17, 15) is 0 Å². The van der Waals surface area contributed by atoms with Crippen molar-refractivity contribution in [3.8, 4) is 0 Å². The van der Waals surface area contributed by atoms with Crippen LogP contribution in [0.15, 0.2) is 25.0 Å². The maximum Gasteiger partial charge on any atom is 0.0568 e. The summed E-state index contributed by atoms with van der Waals surface area (Å²) in [7, 11) is 0. The summed E-state index contributed by atoms with van der Waals surface area (Å²) >= 11 is 0. The highest BCUT2D eigenvalue weighted by atomic mass is 15.1. The molecule has 2 heteroatoms. The van der Waals surface area contributed by atoms with Gasteiger partial charge >= 0.3 is 0 Å². The highest BCUT2D eigenvalue weighted by Crippen LogP contribution is 1.92. The molecule has 0 bridgehead atoms. The van der Waals surface area contributed by atoms with Crippen molar-refractivity contribution in [3.05, 3.63) is 30.6 Å². The van der Waals surface area contributed by atoms with Crippen LogP contribution in [-0.4, -0.2) is 10.2 Å². The van der Waals surface area contributed by atoms with Crippen LogP contribution in [0.3, 0.4) is 0 Å². The van der Waals surface area contributed by atoms with Crippen LogP contribution in [-0.2, 0) is 0 Å². The molecule has 8 heavy (non-hydrogen) atoms. The highest BCUT2D eigenvalue weighted by molar-refractivity contribution is 5.43. The molecule has 0 fully saturated rings. The molecule has 40 valence electrons. The fraction of sp³-hybridized carbons (Fsp3) is 0. The van der Waals surface area contributed by atoms with E-state index >= 15 is 0 Å². The fourth-order valence-electron chi connectivity index (χ4n) is 0.422. The summed E-state index contributed by atoms with van der Waals surface area (Å²) in [6.45, 7) is 3.56. The van der Waals surface area contributed by atoms with E-state index in [0.29, 0.717) is 0 Å². The SMILES string of the molecule is C=Cc1ccnnc1. The second-order valence-electron chi connectivity index (χ2n) is 1.38. The van der Waals surface area contributed by atoms with Crippen molar-refractivity contribution in [2.75, 3.05) is 0 Å². The summed E-state index contributed by atoms with van der Waals surface area (Å²) in [6.07, 6.45) is 5.03. The predicted octanol–water partition coefficient (Wildman–Crippen LogP) is 1.12. The number of hydrogen-bond acceptors (Lipinski definition) is 2. The molecule has 0 unspecified atom stereocenters. The molecule has 0 saturated heterocycles. The minimum absolute atomic E-state index is 1.00.